The number of amides is 1. The Kier molecular flexibility index (Phi) is 6.18. The number of carbonyl (C=O) groups excluding carboxylic acids is 1. The molecule has 0 aliphatic heterocycles. The maximum atomic E-state index is 13.1. The molecule has 0 saturated carbocycles. The molecule has 1 amide bonds. The maximum Gasteiger partial charge on any atom is 0.332 e. The summed E-state index contributed by atoms with van der Waals surface area (Å²) in [4.78, 5) is 21.4. The third-order valence-corrected chi connectivity index (χ3v) is 4.32. The minimum atomic E-state index is -4.97. The molecule has 0 unspecified atom stereocenters. The zero-order valence-corrected chi connectivity index (χ0v) is 15.2. The van der Waals surface area contributed by atoms with Crippen molar-refractivity contribution < 1.29 is 31.5 Å². The van der Waals surface area contributed by atoms with Gasteiger partial charge >= 0.3 is 10.2 Å². The molecule has 27 heavy (non-hydrogen) atoms. The smallest absolute Gasteiger partial charge is 0.332 e. The third-order valence-electron chi connectivity index (χ3n) is 3.21. The number of ether oxygens (including phenoxy) is 2. The van der Waals surface area contributed by atoms with Crippen LogP contribution in [0.1, 0.15) is 0 Å². The molecule has 2 aromatic carbocycles. The Labute approximate surface area is 158 Å². The van der Waals surface area contributed by atoms with Gasteiger partial charge < -0.3 is 14.8 Å². The Hall–Kier alpha value is -2.92. The second kappa shape index (κ2) is 8.18. The van der Waals surface area contributed by atoms with Crippen molar-refractivity contribution in [3.63, 3.8) is 0 Å². The maximum absolute atomic E-state index is 13.1. The molecular weight excluding hydrogens is 407 g/mol. The Morgan fingerprint density at radius 1 is 1.26 bits per heavy atom. The molecule has 2 rings (SSSR count). The highest BCUT2D eigenvalue weighted by atomic mass is 35.5. The third kappa shape index (κ3) is 5.28. The van der Waals surface area contributed by atoms with Gasteiger partial charge in [0.2, 0.25) is 0 Å². The fourth-order valence-corrected chi connectivity index (χ4v) is 2.70. The average molecular weight is 419 g/mol. The van der Waals surface area contributed by atoms with Crippen LogP contribution in [0.4, 0.5) is 15.3 Å². The molecule has 0 radical (unpaired) electrons. The van der Waals surface area contributed by atoms with Crippen molar-refractivity contribution in [2.45, 2.75) is 4.90 Å². The summed E-state index contributed by atoms with van der Waals surface area (Å²) in [6, 6.07) is 6.49. The van der Waals surface area contributed by atoms with Crippen LogP contribution < -0.4 is 14.8 Å². The highest BCUT2D eigenvalue weighted by molar-refractivity contribution is 7.86. The first-order valence-corrected chi connectivity index (χ1v) is 8.87. The van der Waals surface area contributed by atoms with Crippen LogP contribution in [0.15, 0.2) is 41.3 Å². The molecule has 144 valence electrons. The molecule has 0 bridgehead atoms. The van der Waals surface area contributed by atoms with E-state index in [9.17, 15) is 27.2 Å². The zero-order chi connectivity index (χ0) is 20.2. The average Bonchev–Trinajstić information content (AvgIpc) is 2.59. The molecule has 0 aromatic heterocycles. The lowest BCUT2D eigenvalue weighted by molar-refractivity contribution is -0.384. The number of nitro groups is 1. The van der Waals surface area contributed by atoms with Gasteiger partial charge in [-0.15, -0.1) is 3.89 Å². The molecule has 0 spiro atoms. The monoisotopic (exact) mass is 418 g/mol. The van der Waals surface area contributed by atoms with Crippen molar-refractivity contribution in [3.8, 4) is 11.5 Å². The molecule has 0 aliphatic carbocycles. The lowest BCUT2D eigenvalue weighted by Gasteiger charge is -2.12. The van der Waals surface area contributed by atoms with Crippen LogP contribution >= 0.6 is 11.6 Å². The zero-order valence-electron chi connectivity index (χ0n) is 13.6. The standard InChI is InChI=1S/C15H12ClFN2O7S/c1-25-14-5-3-10(27(17,23)24)7-12(14)18-15(20)8-26-13-4-2-9(19(21)22)6-11(13)16/h2-7H,8H2,1H3,(H,18,20). The molecule has 0 heterocycles. The number of anilines is 1. The van der Waals surface area contributed by atoms with Crippen LogP contribution in [-0.4, -0.2) is 33.0 Å². The topological polar surface area (TPSA) is 125 Å². The number of nitrogens with one attached hydrogen (secondary N) is 1. The summed E-state index contributed by atoms with van der Waals surface area (Å²) < 4.78 is 45.2. The van der Waals surface area contributed by atoms with Gasteiger partial charge in [-0.1, -0.05) is 11.6 Å². The molecule has 0 aliphatic rings. The summed E-state index contributed by atoms with van der Waals surface area (Å²) in [6.45, 7) is -0.548. The van der Waals surface area contributed by atoms with E-state index in [4.69, 9.17) is 21.1 Å². The van der Waals surface area contributed by atoms with Crippen molar-refractivity contribution >= 4 is 39.1 Å². The van der Waals surface area contributed by atoms with Crippen LogP contribution in [0.25, 0.3) is 0 Å². The van der Waals surface area contributed by atoms with Gasteiger partial charge in [0.25, 0.3) is 11.6 Å². The number of carbonyl (C=O) groups is 1. The second-order valence-corrected chi connectivity index (χ2v) is 6.76. The van der Waals surface area contributed by atoms with E-state index in [1.165, 1.54) is 19.2 Å². The van der Waals surface area contributed by atoms with E-state index in [0.717, 1.165) is 24.3 Å². The van der Waals surface area contributed by atoms with E-state index < -0.39 is 32.6 Å². The van der Waals surface area contributed by atoms with Crippen LogP contribution in [0.5, 0.6) is 11.5 Å². The van der Waals surface area contributed by atoms with Gasteiger partial charge in [-0.2, -0.15) is 8.42 Å². The van der Waals surface area contributed by atoms with Gasteiger partial charge in [-0.05, 0) is 24.3 Å². The van der Waals surface area contributed by atoms with Gasteiger partial charge in [-0.3, -0.25) is 14.9 Å². The fraction of sp³-hybridized carbons (Fsp3) is 0.133. The minimum absolute atomic E-state index is 0.0319. The second-order valence-electron chi connectivity index (χ2n) is 5.01. The molecule has 0 atom stereocenters. The molecule has 2 aromatic rings. The summed E-state index contributed by atoms with van der Waals surface area (Å²) in [5.41, 5.74) is -0.328. The van der Waals surface area contributed by atoms with E-state index in [-0.39, 0.29) is 27.9 Å². The van der Waals surface area contributed by atoms with Crippen LogP contribution in [0, 0.1) is 10.1 Å². The molecule has 1 N–H and O–H groups in total. The van der Waals surface area contributed by atoms with Gasteiger partial charge in [-0.25, -0.2) is 0 Å². The predicted octanol–water partition coefficient (Wildman–Crippen LogP) is 2.93. The molecule has 0 saturated heterocycles. The number of halogens is 2. The summed E-state index contributed by atoms with van der Waals surface area (Å²) >= 11 is 5.85. The first-order valence-electron chi connectivity index (χ1n) is 7.11. The molecular formula is C15H12ClFN2O7S. The fourth-order valence-electron chi connectivity index (χ4n) is 1.99. The number of rotatable bonds is 7. The van der Waals surface area contributed by atoms with Crippen molar-refractivity contribution in [2.24, 2.45) is 0 Å². The number of benzene rings is 2. The molecule has 12 heteroatoms. The molecule has 9 nitrogen and oxygen atoms in total. The van der Waals surface area contributed by atoms with Crippen molar-refractivity contribution in [1.82, 2.24) is 0 Å². The van der Waals surface area contributed by atoms with Crippen molar-refractivity contribution in [2.75, 3.05) is 19.0 Å². The number of hydrogen-bond acceptors (Lipinski definition) is 7. The Balaban J connectivity index is 2.11. The normalized spacial score (nSPS) is 10.9. The summed E-state index contributed by atoms with van der Waals surface area (Å²) in [5.74, 6) is -0.593. The van der Waals surface area contributed by atoms with Gasteiger partial charge in [0, 0.05) is 12.1 Å². The lowest BCUT2D eigenvalue weighted by atomic mass is 10.3. The summed E-state index contributed by atoms with van der Waals surface area (Å²) in [5, 5.41) is 12.9. The van der Waals surface area contributed by atoms with E-state index in [1.54, 1.807) is 0 Å². The van der Waals surface area contributed by atoms with Crippen molar-refractivity contribution in [3.05, 3.63) is 51.5 Å². The quantitative estimate of drug-likeness (QED) is 0.416. The first kappa shape index (κ1) is 20.4. The lowest BCUT2D eigenvalue weighted by Crippen LogP contribution is -2.20. The van der Waals surface area contributed by atoms with Crippen LogP contribution in [0.3, 0.4) is 0 Å². The van der Waals surface area contributed by atoms with Gasteiger partial charge in [0.15, 0.2) is 6.61 Å². The summed E-state index contributed by atoms with van der Waals surface area (Å²) in [6.07, 6.45) is 0. The Morgan fingerprint density at radius 2 is 1.93 bits per heavy atom. The van der Waals surface area contributed by atoms with E-state index in [1.807, 2.05) is 0 Å². The number of hydrogen-bond donors (Lipinski definition) is 1. The summed E-state index contributed by atoms with van der Waals surface area (Å²) in [7, 11) is -3.69. The molecule has 0 fully saturated rings. The largest absolute Gasteiger partial charge is 0.495 e. The van der Waals surface area contributed by atoms with E-state index in [2.05, 4.69) is 5.32 Å². The Bertz CT molecular complexity index is 998. The van der Waals surface area contributed by atoms with Gasteiger partial charge in [0.05, 0.1) is 22.7 Å². The van der Waals surface area contributed by atoms with Gasteiger partial charge in [0.1, 0.15) is 16.4 Å². The van der Waals surface area contributed by atoms with E-state index in [0.29, 0.717) is 0 Å². The minimum Gasteiger partial charge on any atom is -0.495 e. The number of non-ortho nitro benzene ring substituents is 1. The van der Waals surface area contributed by atoms with Crippen molar-refractivity contribution in [1.29, 1.82) is 0 Å². The number of methoxy groups -OCH3 is 1. The van der Waals surface area contributed by atoms with Crippen LogP contribution in [-0.2, 0) is 15.0 Å². The van der Waals surface area contributed by atoms with E-state index >= 15 is 0 Å². The predicted molar refractivity (Wildman–Crippen MR) is 93.5 cm³/mol. The van der Waals surface area contributed by atoms with Crippen LogP contribution in [0.2, 0.25) is 5.02 Å². The SMILES string of the molecule is COc1ccc(S(=O)(=O)F)cc1NC(=O)COc1ccc([N+](=O)[O-])cc1Cl. The number of nitrogens with zero attached hydrogens (tertiary/aromatic N) is 1. The Morgan fingerprint density at radius 3 is 2.48 bits per heavy atom. The highest BCUT2D eigenvalue weighted by Crippen LogP contribution is 2.30. The number of nitro benzene ring substituents is 1. The highest BCUT2D eigenvalue weighted by Gasteiger charge is 2.17. The first-order chi connectivity index (χ1) is 12.6.